The molecule has 6 nitrogen and oxygen atoms in total. The molecule has 1 N–H and O–H groups in total. The lowest BCUT2D eigenvalue weighted by Gasteiger charge is -2.20. The predicted octanol–water partition coefficient (Wildman–Crippen LogP) is 4.97. The van der Waals surface area contributed by atoms with E-state index in [0.717, 1.165) is 15.2 Å². The van der Waals surface area contributed by atoms with E-state index in [1.165, 1.54) is 25.2 Å². The largest absolute Gasteiger partial charge is 0.322 e. The molecule has 31 heavy (non-hydrogen) atoms. The Labute approximate surface area is 185 Å². The SMILES string of the molecule is CN(c1cccc(Cl)c1)S(=O)(=O)c1cccc(C(=O)Nc2ccc3ncccc3c2)c1. The van der Waals surface area contributed by atoms with Crippen LogP contribution in [0.5, 0.6) is 0 Å². The molecule has 0 atom stereocenters. The average molecular weight is 452 g/mol. The number of sulfonamides is 1. The predicted molar refractivity (Wildman–Crippen MR) is 123 cm³/mol. The number of nitrogens with zero attached hydrogens (tertiary/aromatic N) is 2. The highest BCUT2D eigenvalue weighted by Crippen LogP contribution is 2.25. The minimum Gasteiger partial charge on any atom is -0.322 e. The van der Waals surface area contributed by atoms with Gasteiger partial charge in [-0.2, -0.15) is 0 Å². The van der Waals surface area contributed by atoms with E-state index < -0.39 is 15.9 Å². The van der Waals surface area contributed by atoms with E-state index in [1.807, 2.05) is 24.3 Å². The van der Waals surface area contributed by atoms with Gasteiger partial charge in [-0.3, -0.25) is 14.1 Å². The van der Waals surface area contributed by atoms with Crippen molar-refractivity contribution in [1.82, 2.24) is 4.98 Å². The van der Waals surface area contributed by atoms with E-state index in [9.17, 15) is 13.2 Å². The van der Waals surface area contributed by atoms with Gasteiger partial charge in [0.1, 0.15) is 0 Å². The highest BCUT2D eigenvalue weighted by molar-refractivity contribution is 7.92. The van der Waals surface area contributed by atoms with Gasteiger partial charge in [0.15, 0.2) is 0 Å². The molecule has 0 aliphatic carbocycles. The Kier molecular flexibility index (Phi) is 5.63. The Morgan fingerprint density at radius 2 is 1.77 bits per heavy atom. The zero-order chi connectivity index (χ0) is 22.0. The summed E-state index contributed by atoms with van der Waals surface area (Å²) >= 11 is 5.99. The van der Waals surface area contributed by atoms with Crippen molar-refractivity contribution in [3.05, 3.63) is 95.6 Å². The molecule has 0 bridgehead atoms. The second-order valence-corrected chi connectivity index (χ2v) is 9.25. The van der Waals surface area contributed by atoms with Crippen molar-refractivity contribution in [1.29, 1.82) is 0 Å². The number of rotatable bonds is 5. The third-order valence-corrected chi connectivity index (χ3v) is 6.80. The molecule has 0 unspecified atom stereocenters. The van der Waals surface area contributed by atoms with Crippen LogP contribution in [0.3, 0.4) is 0 Å². The molecule has 8 heteroatoms. The first-order valence-electron chi connectivity index (χ1n) is 9.35. The zero-order valence-electron chi connectivity index (χ0n) is 16.5. The molecule has 4 rings (SSSR count). The molecular weight excluding hydrogens is 434 g/mol. The Hall–Kier alpha value is -3.42. The standard InChI is InChI=1S/C23H18ClN3O3S/c1-27(20-8-3-7-18(24)15-20)31(29,30)21-9-2-5-17(14-21)23(28)26-19-10-11-22-16(13-19)6-4-12-25-22/h2-15H,1H3,(H,26,28). The highest BCUT2D eigenvalue weighted by Gasteiger charge is 2.22. The molecule has 0 spiro atoms. The number of fused-ring (bicyclic) bond motifs is 1. The number of carbonyl (C=O) groups excluding carboxylic acids is 1. The molecule has 3 aromatic carbocycles. The van der Waals surface area contributed by atoms with Gasteiger partial charge in [-0.1, -0.05) is 29.8 Å². The summed E-state index contributed by atoms with van der Waals surface area (Å²) in [4.78, 5) is 17.0. The summed E-state index contributed by atoms with van der Waals surface area (Å²) in [5.41, 5.74) is 2.06. The van der Waals surface area contributed by atoms with Crippen LogP contribution in [0, 0.1) is 0 Å². The number of aromatic nitrogens is 1. The van der Waals surface area contributed by atoms with Crippen molar-refractivity contribution >= 4 is 49.8 Å². The lowest BCUT2D eigenvalue weighted by Crippen LogP contribution is -2.26. The van der Waals surface area contributed by atoms with Gasteiger partial charge in [0.25, 0.3) is 15.9 Å². The first-order valence-corrected chi connectivity index (χ1v) is 11.2. The lowest BCUT2D eigenvalue weighted by atomic mass is 10.1. The molecule has 1 heterocycles. The number of carbonyl (C=O) groups is 1. The first kappa shape index (κ1) is 20.8. The average Bonchev–Trinajstić information content (AvgIpc) is 2.78. The lowest BCUT2D eigenvalue weighted by molar-refractivity contribution is 0.102. The molecule has 1 amide bonds. The third-order valence-electron chi connectivity index (χ3n) is 4.79. The number of pyridine rings is 1. The molecule has 0 saturated heterocycles. The molecule has 0 aliphatic heterocycles. The fourth-order valence-corrected chi connectivity index (χ4v) is 4.54. The van der Waals surface area contributed by atoms with E-state index in [0.29, 0.717) is 16.4 Å². The summed E-state index contributed by atoms with van der Waals surface area (Å²) in [6, 6.07) is 21.6. The minimum absolute atomic E-state index is 0.00494. The summed E-state index contributed by atoms with van der Waals surface area (Å²) in [6.07, 6.45) is 1.70. The number of nitrogens with one attached hydrogen (secondary N) is 1. The van der Waals surface area contributed by atoms with E-state index in [1.54, 1.807) is 42.6 Å². The van der Waals surface area contributed by atoms with Crippen LogP contribution < -0.4 is 9.62 Å². The first-order chi connectivity index (χ1) is 14.8. The quantitative estimate of drug-likeness (QED) is 0.464. The molecule has 1 aromatic heterocycles. The van der Waals surface area contributed by atoms with Crippen molar-refractivity contribution in [3.63, 3.8) is 0 Å². The molecule has 156 valence electrons. The summed E-state index contributed by atoms with van der Waals surface area (Å²) < 4.78 is 27.3. The summed E-state index contributed by atoms with van der Waals surface area (Å²) in [7, 11) is -2.44. The summed E-state index contributed by atoms with van der Waals surface area (Å²) in [6.45, 7) is 0. The maximum atomic E-state index is 13.1. The van der Waals surface area contributed by atoms with Crippen LogP contribution in [-0.2, 0) is 10.0 Å². The zero-order valence-corrected chi connectivity index (χ0v) is 18.1. The Bertz CT molecular complexity index is 1390. The van der Waals surface area contributed by atoms with Gasteiger partial charge < -0.3 is 5.32 Å². The normalized spacial score (nSPS) is 11.3. The molecular formula is C23H18ClN3O3S. The van der Waals surface area contributed by atoms with Crippen LogP contribution in [0.2, 0.25) is 5.02 Å². The van der Waals surface area contributed by atoms with E-state index in [2.05, 4.69) is 10.3 Å². The summed E-state index contributed by atoms with van der Waals surface area (Å²) in [5, 5.41) is 4.12. The van der Waals surface area contributed by atoms with Crippen LogP contribution in [0.15, 0.2) is 90.0 Å². The number of halogens is 1. The Morgan fingerprint density at radius 1 is 0.968 bits per heavy atom. The second-order valence-electron chi connectivity index (χ2n) is 6.85. The number of benzene rings is 3. The van der Waals surface area contributed by atoms with Gasteiger partial charge in [-0.05, 0) is 60.7 Å². The van der Waals surface area contributed by atoms with Crippen molar-refractivity contribution in [2.75, 3.05) is 16.7 Å². The second kappa shape index (κ2) is 8.37. The van der Waals surface area contributed by atoms with Gasteiger partial charge in [-0.25, -0.2) is 8.42 Å². The summed E-state index contributed by atoms with van der Waals surface area (Å²) in [5.74, 6) is -0.411. The third kappa shape index (κ3) is 4.38. The minimum atomic E-state index is -3.88. The maximum absolute atomic E-state index is 13.1. The van der Waals surface area contributed by atoms with E-state index in [-0.39, 0.29) is 10.5 Å². The maximum Gasteiger partial charge on any atom is 0.264 e. The molecule has 4 aromatic rings. The number of hydrogen-bond donors (Lipinski definition) is 1. The Morgan fingerprint density at radius 3 is 2.58 bits per heavy atom. The Balaban J connectivity index is 1.60. The fraction of sp³-hybridized carbons (Fsp3) is 0.0435. The monoisotopic (exact) mass is 451 g/mol. The van der Waals surface area contributed by atoms with Crippen LogP contribution in [0.25, 0.3) is 10.9 Å². The van der Waals surface area contributed by atoms with Crippen molar-refractivity contribution in [3.8, 4) is 0 Å². The van der Waals surface area contributed by atoms with E-state index >= 15 is 0 Å². The van der Waals surface area contributed by atoms with Gasteiger partial charge in [0, 0.05) is 34.9 Å². The van der Waals surface area contributed by atoms with Crippen LogP contribution in [0.1, 0.15) is 10.4 Å². The van der Waals surface area contributed by atoms with E-state index in [4.69, 9.17) is 11.6 Å². The number of hydrogen-bond acceptors (Lipinski definition) is 4. The highest BCUT2D eigenvalue weighted by atomic mass is 35.5. The van der Waals surface area contributed by atoms with Gasteiger partial charge in [0.05, 0.1) is 16.1 Å². The fourth-order valence-electron chi connectivity index (χ4n) is 3.12. The molecule has 0 saturated carbocycles. The smallest absolute Gasteiger partial charge is 0.264 e. The topological polar surface area (TPSA) is 79.4 Å². The van der Waals surface area contributed by atoms with Crippen molar-refractivity contribution in [2.24, 2.45) is 0 Å². The van der Waals surface area contributed by atoms with Crippen molar-refractivity contribution in [2.45, 2.75) is 4.90 Å². The molecule has 0 aliphatic rings. The molecule has 0 radical (unpaired) electrons. The van der Waals surface area contributed by atoms with Gasteiger partial charge in [0.2, 0.25) is 0 Å². The number of amides is 1. The van der Waals surface area contributed by atoms with Gasteiger partial charge >= 0.3 is 0 Å². The van der Waals surface area contributed by atoms with Crippen LogP contribution >= 0.6 is 11.6 Å². The van der Waals surface area contributed by atoms with Gasteiger partial charge in [-0.15, -0.1) is 0 Å². The number of anilines is 2. The van der Waals surface area contributed by atoms with Crippen LogP contribution in [-0.4, -0.2) is 26.4 Å². The van der Waals surface area contributed by atoms with Crippen molar-refractivity contribution < 1.29 is 13.2 Å². The molecule has 0 fully saturated rings. The van der Waals surface area contributed by atoms with Crippen LogP contribution in [0.4, 0.5) is 11.4 Å².